The Morgan fingerprint density at radius 3 is 2.75 bits per heavy atom. The predicted octanol–water partition coefficient (Wildman–Crippen LogP) is 0.545. The molecule has 5 heterocycles. The Bertz CT molecular complexity index is 1970. The van der Waals surface area contributed by atoms with Crippen molar-refractivity contribution in [1.82, 2.24) is 9.55 Å². The quantitative estimate of drug-likeness (QED) is 0.199. The SMILES string of the molecule is CCOC(=O)C1=C(C=O)C(=CCn2ccnc2[NH+]2CN=C3C([O-])=NC(=N)N=C32)c2c(OC)c3c(c(CO)c2O1)O[C@H]([C@](C)(O)C1CCCCC1)C3. The minimum atomic E-state index is -1.18. The average molecular weight is 702 g/mol. The van der Waals surface area contributed by atoms with Crippen LogP contribution in [-0.2, 0) is 33.9 Å². The number of ether oxygens (including phenoxy) is 4. The highest BCUT2D eigenvalue weighted by Gasteiger charge is 2.48. The van der Waals surface area contributed by atoms with Crippen LogP contribution in [0.25, 0.3) is 5.57 Å². The number of aliphatic imine (C=N–C) groups is 3. The fourth-order valence-electron chi connectivity index (χ4n) is 7.70. The molecule has 0 radical (unpaired) electrons. The number of hydrogen-bond donors (Lipinski definition) is 4. The Kier molecular flexibility index (Phi) is 9.07. The summed E-state index contributed by atoms with van der Waals surface area (Å²) in [6.45, 7) is 3.10. The van der Waals surface area contributed by atoms with Crippen LogP contribution in [0.1, 0.15) is 62.6 Å². The van der Waals surface area contributed by atoms with Gasteiger partial charge in [-0.3, -0.25) is 14.8 Å². The molecule has 1 fully saturated rings. The van der Waals surface area contributed by atoms with E-state index in [1.807, 2.05) is 0 Å². The molecule has 0 bridgehead atoms. The first-order valence-corrected chi connectivity index (χ1v) is 17.0. The summed E-state index contributed by atoms with van der Waals surface area (Å²) in [7, 11) is 1.47. The summed E-state index contributed by atoms with van der Waals surface area (Å²) >= 11 is 0. The number of carbonyl (C=O) groups excluding carboxylic acids is 2. The Morgan fingerprint density at radius 1 is 1.25 bits per heavy atom. The van der Waals surface area contributed by atoms with Crippen molar-refractivity contribution >= 4 is 47.2 Å². The number of fused-ring (bicyclic) bond motifs is 3. The van der Waals surface area contributed by atoms with Crippen molar-refractivity contribution < 1.29 is 48.8 Å². The summed E-state index contributed by atoms with van der Waals surface area (Å²) in [5.74, 6) is -0.929. The second kappa shape index (κ2) is 13.5. The summed E-state index contributed by atoms with van der Waals surface area (Å²) in [4.78, 5) is 43.1. The van der Waals surface area contributed by atoms with Gasteiger partial charge in [0, 0.05) is 36.2 Å². The molecule has 16 nitrogen and oxygen atoms in total. The number of benzene rings is 1. The Hall–Kier alpha value is -5.19. The van der Waals surface area contributed by atoms with E-state index in [1.165, 1.54) is 7.11 Å². The maximum absolute atomic E-state index is 13.3. The molecule has 0 amide bonds. The van der Waals surface area contributed by atoms with E-state index in [4.69, 9.17) is 24.4 Å². The summed E-state index contributed by atoms with van der Waals surface area (Å²) < 4.78 is 25.7. The average Bonchev–Trinajstić information content (AvgIpc) is 3.88. The van der Waals surface area contributed by atoms with Crippen LogP contribution in [-0.4, -0.2) is 87.5 Å². The van der Waals surface area contributed by atoms with E-state index in [-0.39, 0.29) is 71.9 Å². The molecule has 16 heteroatoms. The second-order valence-corrected chi connectivity index (χ2v) is 13.1. The zero-order valence-electron chi connectivity index (χ0n) is 28.5. The summed E-state index contributed by atoms with van der Waals surface area (Å²) in [5, 5.41) is 42.9. The number of methoxy groups -OCH3 is 1. The van der Waals surface area contributed by atoms with Crippen LogP contribution < -0.4 is 24.2 Å². The number of rotatable bonds is 10. The molecule has 0 spiro atoms. The molecule has 0 saturated heterocycles. The van der Waals surface area contributed by atoms with E-state index in [0.717, 1.165) is 32.1 Å². The van der Waals surface area contributed by atoms with Gasteiger partial charge in [0.2, 0.25) is 11.7 Å². The molecule has 1 aromatic heterocycles. The molecule has 3 atom stereocenters. The molecule has 7 rings (SSSR count). The number of aliphatic hydroxyl groups is 2. The van der Waals surface area contributed by atoms with Crippen molar-refractivity contribution in [3.8, 4) is 17.2 Å². The highest BCUT2D eigenvalue weighted by molar-refractivity contribution is 6.66. The fourth-order valence-corrected chi connectivity index (χ4v) is 7.70. The molecule has 1 aromatic carbocycles. The number of aliphatic hydroxyl groups excluding tert-OH is 1. The largest absolute Gasteiger partial charge is 0.857 e. The van der Waals surface area contributed by atoms with E-state index in [9.17, 15) is 24.9 Å². The van der Waals surface area contributed by atoms with Gasteiger partial charge >= 0.3 is 11.9 Å². The Labute approximate surface area is 292 Å². The molecule has 51 heavy (non-hydrogen) atoms. The highest BCUT2D eigenvalue weighted by Crippen LogP contribution is 2.55. The summed E-state index contributed by atoms with van der Waals surface area (Å²) in [6, 6.07) is 0. The number of nitrogens with one attached hydrogen (secondary N) is 2. The lowest BCUT2D eigenvalue weighted by molar-refractivity contribution is -0.730. The second-order valence-electron chi connectivity index (χ2n) is 13.1. The lowest BCUT2D eigenvalue weighted by Gasteiger charge is -2.39. The monoisotopic (exact) mass is 701 g/mol. The molecule has 2 aromatic rings. The lowest BCUT2D eigenvalue weighted by Crippen LogP contribution is -3.10. The topological polar surface area (TPSA) is 218 Å². The minimum Gasteiger partial charge on any atom is -0.857 e. The van der Waals surface area contributed by atoms with Crippen LogP contribution in [0.15, 0.2) is 44.8 Å². The first-order valence-electron chi connectivity index (χ1n) is 17.0. The van der Waals surface area contributed by atoms with Gasteiger partial charge in [-0.05, 0) is 32.6 Å². The number of hydrogen-bond acceptors (Lipinski definition) is 12. The number of carbonyl (C=O) groups is 2. The van der Waals surface area contributed by atoms with E-state index >= 15 is 0 Å². The van der Waals surface area contributed by atoms with E-state index < -0.39 is 36.1 Å². The van der Waals surface area contributed by atoms with Crippen LogP contribution in [0.2, 0.25) is 0 Å². The van der Waals surface area contributed by atoms with E-state index in [2.05, 4.69) is 20.0 Å². The third-order valence-corrected chi connectivity index (χ3v) is 10.2. The van der Waals surface area contributed by atoms with Gasteiger partial charge in [0.25, 0.3) is 5.84 Å². The number of guanidine groups is 1. The molecule has 1 unspecified atom stereocenters. The van der Waals surface area contributed by atoms with Crippen molar-refractivity contribution in [1.29, 1.82) is 5.41 Å². The van der Waals surface area contributed by atoms with Crippen LogP contribution >= 0.6 is 0 Å². The Balaban J connectivity index is 1.33. The Morgan fingerprint density at radius 2 is 2.04 bits per heavy atom. The van der Waals surface area contributed by atoms with Crippen LogP contribution in [0.4, 0.5) is 5.95 Å². The van der Waals surface area contributed by atoms with Gasteiger partial charge in [0.05, 0.1) is 43.2 Å². The first kappa shape index (κ1) is 34.3. The number of esters is 1. The van der Waals surface area contributed by atoms with E-state index in [1.54, 1.807) is 36.9 Å². The van der Waals surface area contributed by atoms with Gasteiger partial charge < -0.3 is 34.3 Å². The summed E-state index contributed by atoms with van der Waals surface area (Å²) in [6.07, 6.45) is 10.0. The normalized spacial score (nSPS) is 23.3. The first-order chi connectivity index (χ1) is 24.6. The number of aromatic nitrogens is 2. The number of amidine groups is 1. The number of nitrogens with zero attached hydrogens (tertiary/aromatic N) is 5. The number of imidazole rings is 1. The van der Waals surface area contributed by atoms with Crippen molar-refractivity contribution in [2.75, 3.05) is 20.4 Å². The van der Waals surface area contributed by atoms with E-state index in [0.29, 0.717) is 39.8 Å². The number of allylic oxidation sites excluding steroid dienone is 3. The van der Waals surface area contributed by atoms with Crippen molar-refractivity contribution in [3.63, 3.8) is 0 Å². The number of quaternary nitrogens is 1. The molecular weight excluding hydrogens is 662 g/mol. The summed E-state index contributed by atoms with van der Waals surface area (Å²) in [5.41, 5.74) is 0.242. The zero-order valence-corrected chi connectivity index (χ0v) is 28.5. The van der Waals surface area contributed by atoms with Gasteiger partial charge in [0.15, 0.2) is 18.7 Å². The smallest absolute Gasteiger partial charge is 0.375 e. The van der Waals surface area contributed by atoms with Gasteiger partial charge in [0.1, 0.15) is 29.0 Å². The van der Waals surface area contributed by atoms with Crippen LogP contribution in [0, 0.1) is 11.3 Å². The fraction of sp³-hybridized carbons (Fsp3) is 0.457. The standard InChI is InChI=1S/C35H39N7O9/c1-4-49-32(46)29-21(15-43)19(10-12-41-13-11-37-34(41)42-17-38-25-30(42)39-33(36)40-31(25)45)24-27(48-3)20-14-23(35(2,47)18-8-6-5-7-9-18)50-26(20)22(16-44)28(24)51-29/h10-11,13,15,18,23,44,47H,4-9,12,14,16-17H2,1-3H3,(H2,36,40,45)/t23-,35+/m0/s1. The van der Waals surface area contributed by atoms with Crippen LogP contribution in [0.3, 0.4) is 0 Å². The van der Waals surface area contributed by atoms with Crippen LogP contribution in [0.5, 0.6) is 17.2 Å². The van der Waals surface area contributed by atoms with Crippen molar-refractivity contribution in [2.45, 2.75) is 77.2 Å². The van der Waals surface area contributed by atoms with Crippen molar-refractivity contribution in [2.24, 2.45) is 20.9 Å². The molecule has 4 aliphatic heterocycles. The zero-order chi connectivity index (χ0) is 36.0. The van der Waals surface area contributed by atoms with Gasteiger partial charge in [-0.2, -0.15) is 9.98 Å². The number of aldehydes is 1. The van der Waals surface area contributed by atoms with Crippen molar-refractivity contribution in [3.05, 3.63) is 46.5 Å². The maximum Gasteiger partial charge on any atom is 0.375 e. The highest BCUT2D eigenvalue weighted by atomic mass is 16.6. The molecule has 1 aliphatic carbocycles. The maximum atomic E-state index is 13.3. The predicted molar refractivity (Wildman–Crippen MR) is 180 cm³/mol. The molecule has 268 valence electrons. The molecule has 4 N–H and O–H groups in total. The molecular formula is C35H39N7O9. The third kappa shape index (κ3) is 5.72. The molecule has 1 saturated carbocycles. The lowest BCUT2D eigenvalue weighted by atomic mass is 9.74. The van der Waals surface area contributed by atoms with Gasteiger partial charge in [-0.25, -0.2) is 19.7 Å². The molecule has 5 aliphatic rings. The van der Waals surface area contributed by atoms with Gasteiger partial charge in [-0.15, -0.1) is 0 Å². The minimum absolute atomic E-state index is 0.0172. The van der Waals surface area contributed by atoms with Gasteiger partial charge in [-0.1, -0.05) is 25.3 Å². The third-order valence-electron chi connectivity index (χ3n) is 10.2.